The number of halogens is 1. The van der Waals surface area contributed by atoms with Gasteiger partial charge in [0.05, 0.1) is 17.4 Å². The van der Waals surface area contributed by atoms with Crippen LogP contribution >= 0.6 is 0 Å². The van der Waals surface area contributed by atoms with Gasteiger partial charge in [0.1, 0.15) is 12.4 Å². The van der Waals surface area contributed by atoms with Gasteiger partial charge >= 0.3 is 5.97 Å². The van der Waals surface area contributed by atoms with E-state index in [1.165, 1.54) is 11.9 Å². The van der Waals surface area contributed by atoms with Gasteiger partial charge in [0.2, 0.25) is 10.0 Å². The summed E-state index contributed by atoms with van der Waals surface area (Å²) in [6.07, 6.45) is 0.0886. The second-order valence-electron chi connectivity index (χ2n) is 7.18. The fourth-order valence-electron chi connectivity index (χ4n) is 2.99. The zero-order valence-electron chi connectivity index (χ0n) is 18.0. The molecule has 0 unspecified atom stereocenters. The minimum atomic E-state index is -4.04. The van der Waals surface area contributed by atoms with Crippen molar-refractivity contribution in [3.8, 4) is 6.07 Å². The minimum absolute atomic E-state index is 0.0886. The van der Waals surface area contributed by atoms with E-state index in [2.05, 4.69) is 0 Å². The highest BCUT2D eigenvalue weighted by Crippen LogP contribution is 2.20. The Hall–Kier alpha value is -3.29. The van der Waals surface area contributed by atoms with Crippen molar-refractivity contribution >= 4 is 27.6 Å². The molecule has 0 bridgehead atoms. The molecule has 32 heavy (non-hydrogen) atoms. The molecular formula is C22H24FN3O5S. The first-order valence-corrected chi connectivity index (χ1v) is 11.1. The Morgan fingerprint density at radius 1 is 1.09 bits per heavy atom. The van der Waals surface area contributed by atoms with Crippen molar-refractivity contribution in [2.24, 2.45) is 0 Å². The fourth-order valence-corrected chi connectivity index (χ4v) is 4.10. The number of hydrogen-bond acceptors (Lipinski definition) is 6. The SMILES string of the molecule is Cc1cc(C)cc(N(CCC#N)C(=O)COC(=O)CN(C)S(=O)(=O)c2ccc(F)cc2)c1. The van der Waals surface area contributed by atoms with Crippen LogP contribution < -0.4 is 4.90 Å². The van der Waals surface area contributed by atoms with Gasteiger partial charge in [0.25, 0.3) is 5.91 Å². The number of likely N-dealkylation sites (N-methyl/N-ethyl adjacent to an activating group) is 1. The zero-order valence-corrected chi connectivity index (χ0v) is 18.9. The molecule has 0 saturated heterocycles. The summed E-state index contributed by atoms with van der Waals surface area (Å²) in [5.74, 6) is -2.05. The molecule has 0 heterocycles. The minimum Gasteiger partial charge on any atom is -0.455 e. The average Bonchev–Trinajstić information content (AvgIpc) is 2.72. The van der Waals surface area contributed by atoms with Gasteiger partial charge in [-0.2, -0.15) is 9.57 Å². The van der Waals surface area contributed by atoms with Gasteiger partial charge < -0.3 is 9.64 Å². The van der Waals surface area contributed by atoms with Crippen molar-refractivity contribution < 1.29 is 27.1 Å². The van der Waals surface area contributed by atoms with Crippen LogP contribution in [0.1, 0.15) is 17.5 Å². The van der Waals surface area contributed by atoms with E-state index < -0.39 is 40.9 Å². The van der Waals surface area contributed by atoms with E-state index in [0.29, 0.717) is 5.69 Å². The van der Waals surface area contributed by atoms with Crippen LogP contribution in [0, 0.1) is 31.0 Å². The van der Waals surface area contributed by atoms with Gasteiger partial charge in [-0.1, -0.05) is 6.07 Å². The highest BCUT2D eigenvalue weighted by molar-refractivity contribution is 7.89. The van der Waals surface area contributed by atoms with Crippen molar-refractivity contribution in [3.63, 3.8) is 0 Å². The van der Waals surface area contributed by atoms with Gasteiger partial charge in [-0.05, 0) is 61.4 Å². The molecule has 10 heteroatoms. The van der Waals surface area contributed by atoms with Crippen molar-refractivity contribution in [1.82, 2.24) is 4.31 Å². The van der Waals surface area contributed by atoms with Crippen molar-refractivity contribution in [2.45, 2.75) is 25.2 Å². The molecule has 2 aromatic carbocycles. The topological polar surface area (TPSA) is 108 Å². The van der Waals surface area contributed by atoms with Crippen LogP contribution in [0.25, 0.3) is 0 Å². The number of benzene rings is 2. The number of anilines is 1. The molecule has 0 radical (unpaired) electrons. The Balaban J connectivity index is 2.03. The van der Waals surface area contributed by atoms with Crippen LogP contribution in [0.5, 0.6) is 0 Å². The summed E-state index contributed by atoms with van der Waals surface area (Å²) in [4.78, 5) is 26.0. The molecule has 0 fully saturated rings. The lowest BCUT2D eigenvalue weighted by molar-refractivity contribution is -0.147. The predicted octanol–water partition coefficient (Wildman–Crippen LogP) is 2.55. The number of sulfonamides is 1. The number of nitrogens with zero attached hydrogens (tertiary/aromatic N) is 3. The van der Waals surface area contributed by atoms with Crippen LogP contribution in [0.15, 0.2) is 47.4 Å². The average molecular weight is 462 g/mol. The number of esters is 1. The third kappa shape index (κ3) is 6.60. The smallest absolute Gasteiger partial charge is 0.321 e. The van der Waals surface area contributed by atoms with Crippen LogP contribution in [0.4, 0.5) is 10.1 Å². The lowest BCUT2D eigenvalue weighted by Gasteiger charge is -2.23. The fraction of sp³-hybridized carbons (Fsp3) is 0.318. The number of rotatable bonds is 9. The van der Waals surface area contributed by atoms with Crippen molar-refractivity contribution in [1.29, 1.82) is 5.26 Å². The maximum absolute atomic E-state index is 13.0. The molecular weight excluding hydrogens is 437 g/mol. The first kappa shape index (κ1) is 25.0. The number of hydrogen-bond donors (Lipinski definition) is 0. The number of carbonyl (C=O) groups is 2. The number of carbonyl (C=O) groups excluding carboxylic acids is 2. The van der Waals surface area contributed by atoms with Crippen LogP contribution in [-0.4, -0.2) is 51.3 Å². The number of nitriles is 1. The van der Waals surface area contributed by atoms with Crippen LogP contribution in [-0.2, 0) is 24.3 Å². The van der Waals surface area contributed by atoms with Crippen molar-refractivity contribution in [2.75, 3.05) is 31.6 Å². The van der Waals surface area contributed by atoms with E-state index in [4.69, 9.17) is 10.00 Å². The second-order valence-corrected chi connectivity index (χ2v) is 9.22. The first-order chi connectivity index (χ1) is 15.0. The summed E-state index contributed by atoms with van der Waals surface area (Å²) in [6, 6.07) is 11.7. The second kappa shape index (κ2) is 10.8. The van der Waals surface area contributed by atoms with E-state index in [1.54, 1.807) is 12.1 Å². The quantitative estimate of drug-likeness (QED) is 0.531. The first-order valence-electron chi connectivity index (χ1n) is 9.67. The molecule has 0 aliphatic heterocycles. The zero-order chi connectivity index (χ0) is 23.9. The Kier molecular flexibility index (Phi) is 8.46. The largest absolute Gasteiger partial charge is 0.455 e. The van der Waals surface area contributed by atoms with Crippen LogP contribution in [0.3, 0.4) is 0 Å². The maximum Gasteiger partial charge on any atom is 0.321 e. The Labute approximate surface area is 186 Å². The molecule has 170 valence electrons. The van der Waals surface area contributed by atoms with E-state index >= 15 is 0 Å². The summed E-state index contributed by atoms with van der Waals surface area (Å²) in [6.45, 7) is 2.63. The third-order valence-corrected chi connectivity index (χ3v) is 6.31. The predicted molar refractivity (Wildman–Crippen MR) is 116 cm³/mol. The summed E-state index contributed by atoms with van der Waals surface area (Å²) in [5.41, 5.74) is 2.44. The summed E-state index contributed by atoms with van der Waals surface area (Å²) in [5, 5.41) is 8.90. The van der Waals surface area contributed by atoms with E-state index in [-0.39, 0.29) is 17.9 Å². The lowest BCUT2D eigenvalue weighted by Crippen LogP contribution is -2.38. The molecule has 2 rings (SSSR count). The molecule has 2 aromatic rings. The highest BCUT2D eigenvalue weighted by atomic mass is 32.2. The molecule has 0 saturated carbocycles. The summed E-state index contributed by atoms with van der Waals surface area (Å²) >= 11 is 0. The van der Waals surface area contributed by atoms with E-state index in [0.717, 1.165) is 39.7 Å². The number of amides is 1. The van der Waals surface area contributed by atoms with Gasteiger partial charge in [-0.15, -0.1) is 0 Å². The monoisotopic (exact) mass is 461 g/mol. The molecule has 0 atom stereocenters. The lowest BCUT2D eigenvalue weighted by atomic mass is 10.1. The standard InChI is InChI=1S/C22H24FN3O5S/c1-16-11-17(2)13-19(12-16)26(10-4-9-24)21(27)15-31-22(28)14-25(3)32(29,30)20-7-5-18(23)6-8-20/h5-8,11-13H,4,10,14-15H2,1-3H3. The number of ether oxygens (including phenoxy) is 1. The molecule has 0 aliphatic rings. The third-order valence-electron chi connectivity index (χ3n) is 4.50. The normalized spacial score (nSPS) is 11.1. The Bertz CT molecular complexity index is 1110. The van der Waals surface area contributed by atoms with Gasteiger partial charge in [0.15, 0.2) is 6.61 Å². The highest BCUT2D eigenvalue weighted by Gasteiger charge is 2.25. The summed E-state index contributed by atoms with van der Waals surface area (Å²) in [7, 11) is -2.86. The van der Waals surface area contributed by atoms with E-state index in [1.807, 2.05) is 26.0 Å². The molecule has 8 nitrogen and oxygen atoms in total. The maximum atomic E-state index is 13.0. The molecule has 0 aromatic heterocycles. The van der Waals surface area contributed by atoms with Crippen LogP contribution in [0.2, 0.25) is 0 Å². The molecule has 1 amide bonds. The van der Waals surface area contributed by atoms with Crippen molar-refractivity contribution in [3.05, 3.63) is 59.4 Å². The number of aryl methyl sites for hydroxylation is 2. The molecule has 0 N–H and O–H groups in total. The summed E-state index contributed by atoms with van der Waals surface area (Å²) < 4.78 is 43.7. The Morgan fingerprint density at radius 3 is 2.25 bits per heavy atom. The van der Waals surface area contributed by atoms with Gasteiger partial charge in [0, 0.05) is 19.3 Å². The molecule has 0 spiro atoms. The van der Waals surface area contributed by atoms with E-state index in [9.17, 15) is 22.4 Å². The van der Waals surface area contributed by atoms with Gasteiger partial charge in [-0.3, -0.25) is 9.59 Å². The van der Waals surface area contributed by atoms with Gasteiger partial charge in [-0.25, -0.2) is 12.8 Å². The Morgan fingerprint density at radius 2 is 1.69 bits per heavy atom. The molecule has 0 aliphatic carbocycles.